The standard InChI is InChI=1S/C17H22O2/c1-4-14-7-9-15(10-8-14)16(18)19-17(13(2)3)11-5-6-12-17/h4,7-10,13H,1,5-6,11-12H2,2-3H3. The lowest BCUT2D eigenvalue weighted by atomic mass is 9.88. The Bertz CT molecular complexity index is 451. The van der Waals surface area contributed by atoms with Gasteiger partial charge in [0.2, 0.25) is 0 Å². The molecule has 0 radical (unpaired) electrons. The summed E-state index contributed by atoms with van der Waals surface area (Å²) in [7, 11) is 0. The average Bonchev–Trinajstić information content (AvgIpc) is 2.88. The van der Waals surface area contributed by atoms with E-state index in [2.05, 4.69) is 20.4 Å². The summed E-state index contributed by atoms with van der Waals surface area (Å²) in [5.74, 6) is 0.164. The summed E-state index contributed by atoms with van der Waals surface area (Å²) < 4.78 is 5.86. The molecule has 0 heterocycles. The first-order valence-corrected chi connectivity index (χ1v) is 7.03. The third-order valence-electron chi connectivity index (χ3n) is 4.18. The molecule has 2 heteroatoms. The number of carbonyl (C=O) groups is 1. The second kappa shape index (κ2) is 5.60. The Morgan fingerprint density at radius 2 is 1.84 bits per heavy atom. The van der Waals surface area contributed by atoms with Crippen LogP contribution in [0.25, 0.3) is 6.08 Å². The normalized spacial score (nSPS) is 17.4. The van der Waals surface area contributed by atoms with E-state index in [0.29, 0.717) is 11.5 Å². The van der Waals surface area contributed by atoms with Crippen LogP contribution >= 0.6 is 0 Å². The Hall–Kier alpha value is -1.57. The van der Waals surface area contributed by atoms with Crippen LogP contribution in [0.5, 0.6) is 0 Å². The summed E-state index contributed by atoms with van der Waals surface area (Å²) in [5.41, 5.74) is 1.38. The van der Waals surface area contributed by atoms with Gasteiger partial charge in [-0.25, -0.2) is 4.79 Å². The third-order valence-corrected chi connectivity index (χ3v) is 4.18. The second-order valence-electron chi connectivity index (χ2n) is 5.64. The van der Waals surface area contributed by atoms with Crippen LogP contribution in [0.1, 0.15) is 55.5 Å². The first kappa shape index (κ1) is 13.9. The van der Waals surface area contributed by atoms with Gasteiger partial charge >= 0.3 is 5.97 Å². The molecule has 0 aliphatic heterocycles. The van der Waals surface area contributed by atoms with E-state index in [4.69, 9.17) is 4.74 Å². The van der Waals surface area contributed by atoms with Gasteiger partial charge in [0.1, 0.15) is 5.60 Å². The van der Waals surface area contributed by atoms with E-state index in [1.54, 1.807) is 6.08 Å². The molecule has 0 amide bonds. The Labute approximate surface area is 115 Å². The lowest BCUT2D eigenvalue weighted by Crippen LogP contribution is -2.37. The Morgan fingerprint density at radius 3 is 2.32 bits per heavy atom. The fraction of sp³-hybridized carbons (Fsp3) is 0.471. The van der Waals surface area contributed by atoms with Crippen molar-refractivity contribution in [3.8, 4) is 0 Å². The largest absolute Gasteiger partial charge is 0.455 e. The van der Waals surface area contributed by atoms with Crippen LogP contribution in [-0.4, -0.2) is 11.6 Å². The molecule has 0 bridgehead atoms. The fourth-order valence-corrected chi connectivity index (χ4v) is 2.77. The van der Waals surface area contributed by atoms with Crippen LogP contribution in [-0.2, 0) is 4.74 Å². The molecule has 1 aliphatic rings. The van der Waals surface area contributed by atoms with Crippen molar-refractivity contribution in [3.63, 3.8) is 0 Å². The highest BCUT2D eigenvalue weighted by atomic mass is 16.6. The van der Waals surface area contributed by atoms with E-state index in [0.717, 1.165) is 31.2 Å². The molecular formula is C17H22O2. The molecule has 1 aromatic carbocycles. The minimum atomic E-state index is -0.256. The second-order valence-corrected chi connectivity index (χ2v) is 5.64. The van der Waals surface area contributed by atoms with Crippen molar-refractivity contribution in [3.05, 3.63) is 42.0 Å². The smallest absolute Gasteiger partial charge is 0.338 e. The predicted octanol–water partition coefficient (Wildman–Crippen LogP) is 4.46. The van der Waals surface area contributed by atoms with Crippen LogP contribution in [0.4, 0.5) is 0 Å². The van der Waals surface area contributed by atoms with Crippen molar-refractivity contribution in [1.29, 1.82) is 0 Å². The lowest BCUT2D eigenvalue weighted by molar-refractivity contribution is -0.0397. The summed E-state index contributed by atoms with van der Waals surface area (Å²) in [5, 5.41) is 0. The summed E-state index contributed by atoms with van der Waals surface area (Å²) in [6, 6.07) is 7.39. The molecule has 2 rings (SSSR count). The van der Waals surface area contributed by atoms with Gasteiger partial charge in [0.05, 0.1) is 5.56 Å². The van der Waals surface area contributed by atoms with Gasteiger partial charge in [-0.05, 0) is 49.3 Å². The van der Waals surface area contributed by atoms with Gasteiger partial charge < -0.3 is 4.74 Å². The highest BCUT2D eigenvalue weighted by Crippen LogP contribution is 2.39. The van der Waals surface area contributed by atoms with Crippen LogP contribution in [0.2, 0.25) is 0 Å². The summed E-state index contributed by atoms with van der Waals surface area (Å²) >= 11 is 0. The Kier molecular flexibility index (Phi) is 4.08. The van der Waals surface area contributed by atoms with Gasteiger partial charge in [0, 0.05) is 0 Å². The van der Waals surface area contributed by atoms with Gasteiger partial charge in [0.25, 0.3) is 0 Å². The van der Waals surface area contributed by atoms with Crippen molar-refractivity contribution in [1.82, 2.24) is 0 Å². The van der Waals surface area contributed by atoms with E-state index in [9.17, 15) is 4.79 Å². The number of benzene rings is 1. The molecule has 1 aromatic rings. The number of carbonyl (C=O) groups excluding carboxylic acids is 1. The zero-order chi connectivity index (χ0) is 13.9. The Morgan fingerprint density at radius 1 is 1.26 bits per heavy atom. The van der Waals surface area contributed by atoms with E-state index < -0.39 is 0 Å². The molecule has 0 spiro atoms. The number of esters is 1. The van der Waals surface area contributed by atoms with Gasteiger partial charge in [-0.2, -0.15) is 0 Å². The molecule has 0 aromatic heterocycles. The first-order valence-electron chi connectivity index (χ1n) is 7.03. The monoisotopic (exact) mass is 258 g/mol. The highest BCUT2D eigenvalue weighted by Gasteiger charge is 2.40. The zero-order valence-corrected chi connectivity index (χ0v) is 11.8. The predicted molar refractivity (Wildman–Crippen MR) is 78.0 cm³/mol. The first-order chi connectivity index (χ1) is 9.07. The molecule has 0 N–H and O–H groups in total. The van der Waals surface area contributed by atoms with Crippen molar-refractivity contribution in [2.75, 3.05) is 0 Å². The van der Waals surface area contributed by atoms with Crippen molar-refractivity contribution >= 4 is 12.0 Å². The average molecular weight is 258 g/mol. The van der Waals surface area contributed by atoms with Crippen molar-refractivity contribution in [2.45, 2.75) is 45.1 Å². The molecule has 0 saturated heterocycles. The SMILES string of the molecule is C=Cc1ccc(C(=O)OC2(C(C)C)CCCC2)cc1. The zero-order valence-electron chi connectivity index (χ0n) is 11.8. The maximum absolute atomic E-state index is 12.3. The van der Waals surface area contributed by atoms with Crippen molar-refractivity contribution in [2.24, 2.45) is 5.92 Å². The van der Waals surface area contributed by atoms with Gasteiger partial charge in [0.15, 0.2) is 0 Å². The third kappa shape index (κ3) is 2.89. The number of ether oxygens (including phenoxy) is 1. The molecule has 19 heavy (non-hydrogen) atoms. The molecule has 1 fully saturated rings. The quantitative estimate of drug-likeness (QED) is 0.745. The van der Waals surface area contributed by atoms with Gasteiger partial charge in [-0.3, -0.25) is 0 Å². The van der Waals surface area contributed by atoms with Crippen LogP contribution < -0.4 is 0 Å². The molecule has 1 aliphatic carbocycles. The lowest BCUT2D eigenvalue weighted by Gasteiger charge is -2.33. The van der Waals surface area contributed by atoms with E-state index in [-0.39, 0.29) is 11.6 Å². The van der Waals surface area contributed by atoms with Crippen molar-refractivity contribution < 1.29 is 9.53 Å². The van der Waals surface area contributed by atoms with Crippen LogP contribution in [0.3, 0.4) is 0 Å². The minimum Gasteiger partial charge on any atom is -0.455 e. The molecule has 1 saturated carbocycles. The molecular weight excluding hydrogens is 236 g/mol. The summed E-state index contributed by atoms with van der Waals surface area (Å²) in [6.45, 7) is 7.98. The summed E-state index contributed by atoms with van der Waals surface area (Å²) in [6.07, 6.45) is 6.05. The van der Waals surface area contributed by atoms with E-state index >= 15 is 0 Å². The highest BCUT2D eigenvalue weighted by molar-refractivity contribution is 5.90. The summed E-state index contributed by atoms with van der Waals surface area (Å²) in [4.78, 5) is 12.3. The van der Waals surface area contributed by atoms with E-state index in [1.807, 2.05) is 24.3 Å². The fourth-order valence-electron chi connectivity index (χ4n) is 2.77. The Balaban J connectivity index is 2.12. The topological polar surface area (TPSA) is 26.3 Å². The molecule has 2 nitrogen and oxygen atoms in total. The molecule has 0 atom stereocenters. The molecule has 102 valence electrons. The number of hydrogen-bond acceptors (Lipinski definition) is 2. The maximum Gasteiger partial charge on any atom is 0.338 e. The van der Waals surface area contributed by atoms with Crippen LogP contribution in [0, 0.1) is 5.92 Å². The minimum absolute atomic E-state index is 0.203. The molecule has 0 unspecified atom stereocenters. The van der Waals surface area contributed by atoms with E-state index in [1.165, 1.54) is 0 Å². The maximum atomic E-state index is 12.3. The number of hydrogen-bond donors (Lipinski definition) is 0. The van der Waals surface area contributed by atoms with Crippen LogP contribution in [0.15, 0.2) is 30.8 Å². The number of rotatable bonds is 4. The van der Waals surface area contributed by atoms with Gasteiger partial charge in [-0.1, -0.05) is 38.6 Å². The van der Waals surface area contributed by atoms with Gasteiger partial charge in [-0.15, -0.1) is 0 Å².